The second-order valence-corrected chi connectivity index (χ2v) is 9.42. The van der Waals surface area contributed by atoms with Gasteiger partial charge in [0.15, 0.2) is 0 Å². The van der Waals surface area contributed by atoms with E-state index in [0.717, 1.165) is 35.8 Å². The Bertz CT molecular complexity index is 331. The van der Waals surface area contributed by atoms with Gasteiger partial charge in [-0.15, -0.1) is 0 Å². The van der Waals surface area contributed by atoms with Crippen LogP contribution in [-0.2, 0) is 0 Å². The maximum Gasteiger partial charge on any atom is 0.0127 e. The van der Waals surface area contributed by atoms with Gasteiger partial charge in [0.2, 0.25) is 0 Å². The molecule has 5 aliphatic rings. The van der Waals surface area contributed by atoms with E-state index in [1.165, 1.54) is 32.1 Å². The van der Waals surface area contributed by atoms with E-state index in [-0.39, 0.29) is 0 Å². The Kier molecular flexibility index (Phi) is 3.41. The number of hydrogen-bond donors (Lipinski definition) is 1. The van der Waals surface area contributed by atoms with Gasteiger partial charge in [-0.3, -0.25) is 0 Å². The first-order valence-electron chi connectivity index (χ1n) is 9.35. The maximum atomic E-state index is 4.18. The smallest absolute Gasteiger partial charge is 0.0127 e. The minimum atomic E-state index is 0.598. The summed E-state index contributed by atoms with van der Waals surface area (Å²) in [5.74, 6) is 4.32. The Labute approximate surface area is 125 Å². The highest BCUT2D eigenvalue weighted by Gasteiger charge is 2.48. The molecule has 1 atom stereocenters. The molecule has 5 fully saturated rings. The van der Waals surface area contributed by atoms with Gasteiger partial charge in [-0.1, -0.05) is 20.3 Å². The lowest BCUT2D eigenvalue weighted by Gasteiger charge is -2.55. The Morgan fingerprint density at radius 1 is 0.800 bits per heavy atom. The topological polar surface area (TPSA) is 12.0 Å². The Morgan fingerprint density at radius 2 is 1.45 bits per heavy atom. The van der Waals surface area contributed by atoms with E-state index >= 15 is 0 Å². The third kappa shape index (κ3) is 2.56. The average Bonchev–Trinajstić information content (AvgIpc) is 2.54. The summed E-state index contributed by atoms with van der Waals surface area (Å²) >= 11 is 0. The van der Waals surface area contributed by atoms with Crippen molar-refractivity contribution in [1.82, 2.24) is 5.32 Å². The largest absolute Gasteiger partial charge is 0.311 e. The lowest BCUT2D eigenvalue weighted by Crippen LogP contribution is -2.56. The van der Waals surface area contributed by atoms with Gasteiger partial charge in [-0.05, 0) is 86.9 Å². The highest BCUT2D eigenvalue weighted by Crippen LogP contribution is 2.54. The van der Waals surface area contributed by atoms with Crippen molar-refractivity contribution in [2.24, 2.45) is 29.1 Å². The predicted octanol–water partition coefficient (Wildman–Crippen LogP) is 4.76. The molecule has 1 nitrogen and oxygen atoms in total. The zero-order valence-electron chi connectivity index (χ0n) is 13.5. The molecule has 1 heteroatoms. The van der Waals surface area contributed by atoms with Gasteiger partial charge in [0.05, 0.1) is 0 Å². The minimum Gasteiger partial charge on any atom is -0.311 e. The van der Waals surface area contributed by atoms with Gasteiger partial charge >= 0.3 is 0 Å². The van der Waals surface area contributed by atoms with E-state index in [9.17, 15) is 0 Å². The summed E-state index contributed by atoms with van der Waals surface area (Å²) in [6.07, 6.45) is 15.0. The zero-order chi connectivity index (χ0) is 13.7. The molecule has 114 valence electrons. The van der Waals surface area contributed by atoms with Crippen LogP contribution in [-0.4, -0.2) is 12.1 Å². The third-order valence-corrected chi connectivity index (χ3v) is 7.23. The molecule has 1 unspecified atom stereocenters. The summed E-state index contributed by atoms with van der Waals surface area (Å²) in [4.78, 5) is 0. The van der Waals surface area contributed by atoms with Gasteiger partial charge in [0.25, 0.3) is 0 Å². The molecular formula is C19H33N. The Morgan fingerprint density at radius 3 is 2.10 bits per heavy atom. The van der Waals surface area contributed by atoms with Crippen LogP contribution in [0, 0.1) is 29.1 Å². The fourth-order valence-corrected chi connectivity index (χ4v) is 6.30. The summed E-state index contributed by atoms with van der Waals surface area (Å²) in [7, 11) is 0. The van der Waals surface area contributed by atoms with Gasteiger partial charge < -0.3 is 5.32 Å². The summed E-state index contributed by atoms with van der Waals surface area (Å²) in [5.41, 5.74) is 0.598. The van der Waals surface area contributed by atoms with Gasteiger partial charge in [-0.25, -0.2) is 0 Å². The van der Waals surface area contributed by atoms with Crippen LogP contribution in [0.2, 0.25) is 0 Å². The zero-order valence-corrected chi connectivity index (χ0v) is 13.5. The second kappa shape index (κ2) is 5.00. The molecule has 0 spiro atoms. The molecule has 0 heterocycles. The molecule has 5 aliphatic carbocycles. The number of hydrogen-bond acceptors (Lipinski definition) is 1. The molecule has 0 aliphatic heterocycles. The van der Waals surface area contributed by atoms with Crippen molar-refractivity contribution in [3.63, 3.8) is 0 Å². The normalized spacial score (nSPS) is 50.1. The molecule has 0 amide bonds. The lowest BCUT2D eigenvalue weighted by molar-refractivity contribution is -0.0183. The maximum absolute atomic E-state index is 4.18. The van der Waals surface area contributed by atoms with Crippen LogP contribution in [0.5, 0.6) is 0 Å². The molecule has 0 aromatic rings. The van der Waals surface area contributed by atoms with Crippen molar-refractivity contribution in [2.45, 2.75) is 90.1 Å². The first-order valence-corrected chi connectivity index (χ1v) is 9.35. The van der Waals surface area contributed by atoms with E-state index in [1.807, 2.05) is 0 Å². The Hall–Kier alpha value is -0.0400. The van der Waals surface area contributed by atoms with E-state index in [1.54, 1.807) is 32.1 Å². The third-order valence-electron chi connectivity index (χ3n) is 7.23. The quantitative estimate of drug-likeness (QED) is 0.716. The first-order chi connectivity index (χ1) is 9.59. The molecule has 4 bridgehead atoms. The van der Waals surface area contributed by atoms with Crippen LogP contribution >= 0.6 is 0 Å². The summed E-state index contributed by atoms with van der Waals surface area (Å²) in [5, 5.41) is 4.18. The fraction of sp³-hybridized carbons (Fsp3) is 1.00. The number of nitrogens with one attached hydrogen (secondary N) is 1. The monoisotopic (exact) mass is 275 g/mol. The van der Waals surface area contributed by atoms with Crippen molar-refractivity contribution in [3.8, 4) is 0 Å². The van der Waals surface area contributed by atoms with E-state index in [0.29, 0.717) is 5.41 Å². The van der Waals surface area contributed by atoms with Crippen LogP contribution < -0.4 is 5.32 Å². The van der Waals surface area contributed by atoms with Crippen LogP contribution in [0.1, 0.15) is 78.1 Å². The van der Waals surface area contributed by atoms with Crippen molar-refractivity contribution in [3.05, 3.63) is 0 Å². The predicted molar refractivity (Wildman–Crippen MR) is 84.6 cm³/mol. The van der Waals surface area contributed by atoms with Crippen LogP contribution in [0.3, 0.4) is 0 Å². The Balaban J connectivity index is 1.39. The summed E-state index contributed by atoms with van der Waals surface area (Å²) in [6.45, 7) is 4.94. The SMILES string of the molecule is CC1(C)CCCC(NC2C3CC4CC(C3)CC2C4)CC1. The van der Waals surface area contributed by atoms with Crippen LogP contribution in [0.25, 0.3) is 0 Å². The highest BCUT2D eigenvalue weighted by molar-refractivity contribution is 5.02. The van der Waals surface area contributed by atoms with E-state index in [4.69, 9.17) is 0 Å². The van der Waals surface area contributed by atoms with E-state index < -0.39 is 0 Å². The average molecular weight is 275 g/mol. The molecule has 0 radical (unpaired) electrons. The van der Waals surface area contributed by atoms with Gasteiger partial charge in [-0.2, -0.15) is 0 Å². The molecule has 0 aromatic carbocycles. The van der Waals surface area contributed by atoms with Crippen LogP contribution in [0.15, 0.2) is 0 Å². The molecule has 5 rings (SSSR count). The van der Waals surface area contributed by atoms with Crippen molar-refractivity contribution in [1.29, 1.82) is 0 Å². The lowest BCUT2D eigenvalue weighted by atomic mass is 9.54. The van der Waals surface area contributed by atoms with Crippen molar-refractivity contribution in [2.75, 3.05) is 0 Å². The summed E-state index contributed by atoms with van der Waals surface area (Å²) < 4.78 is 0. The minimum absolute atomic E-state index is 0.598. The van der Waals surface area contributed by atoms with Crippen LogP contribution in [0.4, 0.5) is 0 Å². The molecular weight excluding hydrogens is 242 g/mol. The van der Waals surface area contributed by atoms with E-state index in [2.05, 4.69) is 19.2 Å². The molecule has 20 heavy (non-hydrogen) atoms. The number of rotatable bonds is 2. The molecule has 0 saturated heterocycles. The standard InChI is InChI=1S/C19H33N/c1-19(2)6-3-4-17(5-7-19)20-18-15-9-13-8-14(11-15)12-16(18)10-13/h13-18,20H,3-12H2,1-2H3. The second-order valence-electron chi connectivity index (χ2n) is 9.42. The first kappa shape index (κ1) is 13.6. The van der Waals surface area contributed by atoms with Gasteiger partial charge in [0, 0.05) is 12.1 Å². The molecule has 0 aromatic heterocycles. The fourth-order valence-electron chi connectivity index (χ4n) is 6.30. The molecule has 1 N–H and O–H groups in total. The summed E-state index contributed by atoms with van der Waals surface area (Å²) in [6, 6.07) is 1.73. The highest BCUT2D eigenvalue weighted by atomic mass is 15.0. The van der Waals surface area contributed by atoms with Gasteiger partial charge in [0.1, 0.15) is 0 Å². The van der Waals surface area contributed by atoms with Crippen molar-refractivity contribution < 1.29 is 0 Å². The molecule has 5 saturated carbocycles. The van der Waals surface area contributed by atoms with Crippen molar-refractivity contribution >= 4 is 0 Å².